The van der Waals surface area contributed by atoms with E-state index in [0.29, 0.717) is 5.56 Å². The first-order chi connectivity index (χ1) is 7.98. The van der Waals surface area contributed by atoms with E-state index < -0.39 is 14.9 Å². The third-order valence-corrected chi connectivity index (χ3v) is 3.56. The fraction of sp³-hybridized carbons (Fsp3) is 0. The maximum atomic E-state index is 13.2. The lowest BCUT2D eigenvalue weighted by molar-refractivity contribution is 0.608. The average Bonchev–Trinajstić information content (AvgIpc) is 2.28. The Kier molecular flexibility index (Phi) is 3.13. The Hall–Kier alpha value is -1.46. The van der Waals surface area contributed by atoms with Crippen LogP contribution in [0.5, 0.6) is 0 Å². The van der Waals surface area contributed by atoms with Gasteiger partial charge in [0, 0.05) is 34.2 Å². The zero-order chi connectivity index (χ0) is 12.5. The number of pyridine rings is 1. The molecule has 0 fully saturated rings. The van der Waals surface area contributed by atoms with Gasteiger partial charge in [0.25, 0.3) is 9.05 Å². The van der Waals surface area contributed by atoms with Gasteiger partial charge in [-0.3, -0.25) is 4.98 Å². The molecule has 0 aliphatic carbocycles. The zero-order valence-electron chi connectivity index (χ0n) is 8.47. The minimum atomic E-state index is -3.92. The van der Waals surface area contributed by atoms with Crippen molar-refractivity contribution in [1.82, 2.24) is 4.98 Å². The highest BCUT2D eigenvalue weighted by molar-refractivity contribution is 8.13. The van der Waals surface area contributed by atoms with Crippen molar-refractivity contribution in [2.75, 3.05) is 0 Å². The average molecular weight is 272 g/mol. The van der Waals surface area contributed by atoms with Crippen LogP contribution in [-0.4, -0.2) is 13.4 Å². The molecular formula is C11H7ClFNO2S. The van der Waals surface area contributed by atoms with Crippen molar-refractivity contribution in [3.8, 4) is 11.1 Å². The molecule has 6 heteroatoms. The number of hydrogen-bond acceptors (Lipinski definition) is 3. The molecule has 0 atom stereocenters. The largest absolute Gasteiger partial charge is 0.264 e. The minimum Gasteiger partial charge on any atom is -0.264 e. The molecule has 1 heterocycles. The van der Waals surface area contributed by atoms with Gasteiger partial charge in [0.15, 0.2) is 0 Å². The lowest BCUT2D eigenvalue weighted by Crippen LogP contribution is -1.95. The van der Waals surface area contributed by atoms with Crippen LogP contribution in [0.4, 0.5) is 4.39 Å². The zero-order valence-corrected chi connectivity index (χ0v) is 10.0. The van der Waals surface area contributed by atoms with Gasteiger partial charge in [-0.05, 0) is 24.3 Å². The van der Waals surface area contributed by atoms with Crippen molar-refractivity contribution in [1.29, 1.82) is 0 Å². The van der Waals surface area contributed by atoms with Gasteiger partial charge < -0.3 is 0 Å². The molecule has 2 rings (SSSR count). The smallest absolute Gasteiger partial charge is 0.261 e. The Morgan fingerprint density at radius 1 is 1.24 bits per heavy atom. The van der Waals surface area contributed by atoms with Crippen LogP contribution >= 0.6 is 10.7 Å². The SMILES string of the molecule is O=S(=O)(Cl)c1ccc(F)cc1-c1cccnc1. The van der Waals surface area contributed by atoms with Crippen molar-refractivity contribution < 1.29 is 12.8 Å². The highest BCUT2D eigenvalue weighted by Gasteiger charge is 2.17. The number of benzene rings is 1. The molecule has 1 aromatic heterocycles. The summed E-state index contributed by atoms with van der Waals surface area (Å²) >= 11 is 0. The van der Waals surface area contributed by atoms with Gasteiger partial charge in [0.05, 0.1) is 4.90 Å². The van der Waals surface area contributed by atoms with Crippen molar-refractivity contribution in [3.05, 3.63) is 48.5 Å². The summed E-state index contributed by atoms with van der Waals surface area (Å²) in [6, 6.07) is 6.57. The van der Waals surface area contributed by atoms with Gasteiger partial charge in [0.1, 0.15) is 5.82 Å². The summed E-state index contributed by atoms with van der Waals surface area (Å²) in [6.45, 7) is 0. The molecule has 3 nitrogen and oxygen atoms in total. The first-order valence-electron chi connectivity index (χ1n) is 4.63. The van der Waals surface area contributed by atoms with Crippen LogP contribution in [0, 0.1) is 5.82 Å². The van der Waals surface area contributed by atoms with Crippen LogP contribution < -0.4 is 0 Å². The Morgan fingerprint density at radius 3 is 2.59 bits per heavy atom. The first kappa shape index (κ1) is 12.0. The predicted molar refractivity (Wildman–Crippen MR) is 62.7 cm³/mol. The number of aromatic nitrogens is 1. The number of hydrogen-bond donors (Lipinski definition) is 0. The number of rotatable bonds is 2. The van der Waals surface area contributed by atoms with E-state index in [1.807, 2.05) is 0 Å². The standard InChI is InChI=1S/C11H7ClFNO2S/c12-17(15,16)11-4-3-9(13)6-10(11)8-2-1-5-14-7-8/h1-7H. The van der Waals surface area contributed by atoms with Crippen LogP contribution in [0.2, 0.25) is 0 Å². The van der Waals surface area contributed by atoms with Crippen molar-refractivity contribution >= 4 is 19.7 Å². The summed E-state index contributed by atoms with van der Waals surface area (Å²) in [5.74, 6) is -0.534. The molecule has 0 amide bonds. The molecule has 0 N–H and O–H groups in total. The summed E-state index contributed by atoms with van der Waals surface area (Å²) in [6.07, 6.45) is 2.98. The lowest BCUT2D eigenvalue weighted by Gasteiger charge is -2.06. The quantitative estimate of drug-likeness (QED) is 0.789. The molecule has 2 aromatic rings. The van der Waals surface area contributed by atoms with Gasteiger partial charge in [-0.1, -0.05) is 6.07 Å². The molecule has 0 spiro atoms. The predicted octanol–water partition coefficient (Wildman–Crippen LogP) is 2.82. The highest BCUT2D eigenvalue weighted by atomic mass is 35.7. The molecule has 0 saturated carbocycles. The Morgan fingerprint density at radius 2 is 2.00 bits per heavy atom. The van der Waals surface area contributed by atoms with Crippen molar-refractivity contribution in [3.63, 3.8) is 0 Å². The van der Waals surface area contributed by atoms with E-state index >= 15 is 0 Å². The second-order valence-electron chi connectivity index (χ2n) is 3.32. The van der Waals surface area contributed by atoms with Crippen molar-refractivity contribution in [2.24, 2.45) is 0 Å². The molecule has 0 radical (unpaired) electrons. The third kappa shape index (κ3) is 2.62. The summed E-state index contributed by atoms with van der Waals surface area (Å²) in [4.78, 5) is 3.72. The summed E-state index contributed by atoms with van der Waals surface area (Å²) in [7, 11) is 1.37. The molecule has 0 unspecified atom stereocenters. The molecule has 17 heavy (non-hydrogen) atoms. The minimum absolute atomic E-state index is 0.131. The maximum absolute atomic E-state index is 13.2. The van der Waals surface area contributed by atoms with Gasteiger partial charge >= 0.3 is 0 Å². The van der Waals surface area contributed by atoms with Crippen LogP contribution in [0.15, 0.2) is 47.6 Å². The van der Waals surface area contributed by atoms with Gasteiger partial charge in [-0.2, -0.15) is 0 Å². The Balaban J connectivity index is 2.72. The number of nitrogens with zero attached hydrogens (tertiary/aromatic N) is 1. The molecule has 0 aliphatic rings. The Bertz CT molecular complexity index is 644. The normalized spacial score (nSPS) is 11.4. The van der Waals surface area contributed by atoms with Crippen LogP contribution in [0.25, 0.3) is 11.1 Å². The molecule has 0 bridgehead atoms. The van der Waals surface area contributed by atoms with Gasteiger partial charge in [-0.15, -0.1) is 0 Å². The fourth-order valence-corrected chi connectivity index (χ4v) is 2.54. The van der Waals surface area contributed by atoms with Gasteiger partial charge in [-0.25, -0.2) is 12.8 Å². The van der Waals surface area contributed by atoms with E-state index in [1.165, 1.54) is 12.4 Å². The molecule has 0 aliphatic heterocycles. The topological polar surface area (TPSA) is 47.0 Å². The molecule has 88 valence electrons. The van der Waals surface area contributed by atoms with E-state index in [0.717, 1.165) is 18.2 Å². The molecule has 0 saturated heterocycles. The monoisotopic (exact) mass is 271 g/mol. The van der Waals surface area contributed by atoms with E-state index in [9.17, 15) is 12.8 Å². The Labute approximate surface area is 102 Å². The van der Waals surface area contributed by atoms with Crippen LogP contribution in [0.3, 0.4) is 0 Å². The van der Waals surface area contributed by atoms with Crippen LogP contribution in [0.1, 0.15) is 0 Å². The maximum Gasteiger partial charge on any atom is 0.261 e. The number of halogens is 2. The summed E-state index contributed by atoms with van der Waals surface area (Å²) in [5, 5.41) is 0. The summed E-state index contributed by atoms with van der Waals surface area (Å²) < 4.78 is 35.9. The van der Waals surface area contributed by atoms with Crippen LogP contribution in [-0.2, 0) is 9.05 Å². The summed E-state index contributed by atoms with van der Waals surface area (Å²) in [5.41, 5.74) is 0.694. The fourth-order valence-electron chi connectivity index (χ4n) is 1.46. The van der Waals surface area contributed by atoms with E-state index in [-0.39, 0.29) is 10.5 Å². The molecular weight excluding hydrogens is 265 g/mol. The molecule has 1 aromatic carbocycles. The second kappa shape index (κ2) is 4.43. The van der Waals surface area contributed by atoms with Crippen molar-refractivity contribution in [2.45, 2.75) is 4.90 Å². The van der Waals surface area contributed by atoms with E-state index in [4.69, 9.17) is 10.7 Å². The van der Waals surface area contributed by atoms with Gasteiger partial charge in [0.2, 0.25) is 0 Å². The third-order valence-electron chi connectivity index (χ3n) is 2.18. The lowest BCUT2D eigenvalue weighted by atomic mass is 10.1. The highest BCUT2D eigenvalue weighted by Crippen LogP contribution is 2.29. The first-order valence-corrected chi connectivity index (χ1v) is 6.94. The van der Waals surface area contributed by atoms with E-state index in [1.54, 1.807) is 12.1 Å². The second-order valence-corrected chi connectivity index (χ2v) is 5.85. The van der Waals surface area contributed by atoms with E-state index in [2.05, 4.69) is 4.98 Å².